The fourth-order valence-corrected chi connectivity index (χ4v) is 6.95. The first-order chi connectivity index (χ1) is 14.2. The van der Waals surface area contributed by atoms with Gasteiger partial charge in [0.25, 0.3) is 5.91 Å². The quantitative estimate of drug-likeness (QED) is 0.650. The molecule has 0 radical (unpaired) electrons. The Hall–Kier alpha value is -2.23. The maximum absolute atomic E-state index is 13.3. The van der Waals surface area contributed by atoms with Crippen LogP contribution in [0.25, 0.3) is 10.1 Å². The van der Waals surface area contributed by atoms with Crippen LogP contribution in [-0.2, 0) is 10.0 Å². The minimum atomic E-state index is -3.65. The molecule has 1 N–H and O–H groups in total. The largest absolute Gasteiger partial charge is 0.354 e. The van der Waals surface area contributed by atoms with Gasteiger partial charge in [0, 0.05) is 43.0 Å². The molecule has 3 heterocycles. The molecular weight excluding hydrogens is 420 g/mol. The zero-order chi connectivity index (χ0) is 21.6. The highest BCUT2D eigenvalue weighted by atomic mass is 32.2. The van der Waals surface area contributed by atoms with Crippen LogP contribution in [0.5, 0.6) is 0 Å². The lowest BCUT2D eigenvalue weighted by Gasteiger charge is -2.17. The van der Waals surface area contributed by atoms with Gasteiger partial charge >= 0.3 is 0 Å². The second kappa shape index (κ2) is 7.79. The summed E-state index contributed by atoms with van der Waals surface area (Å²) in [6.45, 7) is 6.46. The number of benzene rings is 1. The molecule has 4 rings (SSSR count). The van der Waals surface area contributed by atoms with Gasteiger partial charge in [0.1, 0.15) is 4.90 Å². The van der Waals surface area contributed by atoms with Crippen LogP contribution in [0.2, 0.25) is 0 Å². The first-order valence-electron chi connectivity index (χ1n) is 10.0. The van der Waals surface area contributed by atoms with Crippen LogP contribution < -0.4 is 5.32 Å². The summed E-state index contributed by atoms with van der Waals surface area (Å²) in [7, 11) is -2.02. The highest BCUT2D eigenvalue weighted by Crippen LogP contribution is 2.41. The van der Waals surface area contributed by atoms with Crippen LogP contribution in [0.4, 0.5) is 0 Å². The first-order valence-corrected chi connectivity index (χ1v) is 12.3. The smallest absolute Gasteiger partial charge is 0.261 e. The third kappa shape index (κ3) is 3.44. The van der Waals surface area contributed by atoms with Gasteiger partial charge in [0.15, 0.2) is 0 Å². The summed E-state index contributed by atoms with van der Waals surface area (Å²) in [5.74, 6) is -0.148. The van der Waals surface area contributed by atoms with E-state index in [0.717, 1.165) is 15.6 Å². The van der Waals surface area contributed by atoms with Crippen LogP contribution in [0.3, 0.4) is 0 Å². The molecule has 0 spiro atoms. The van der Waals surface area contributed by atoms with E-state index in [2.05, 4.69) is 10.4 Å². The molecule has 0 bridgehead atoms. The number of aryl methyl sites for hydroxylation is 1. The fourth-order valence-electron chi connectivity index (χ4n) is 4.06. The van der Waals surface area contributed by atoms with Crippen LogP contribution in [-0.4, -0.2) is 48.5 Å². The van der Waals surface area contributed by atoms with Gasteiger partial charge in [-0.05, 0) is 44.2 Å². The lowest BCUT2D eigenvalue weighted by molar-refractivity contribution is 0.0966. The topological polar surface area (TPSA) is 84.3 Å². The van der Waals surface area contributed by atoms with Gasteiger partial charge in [0.2, 0.25) is 10.0 Å². The highest BCUT2D eigenvalue weighted by molar-refractivity contribution is 7.89. The average molecular weight is 447 g/mol. The molecule has 9 heteroatoms. The van der Waals surface area contributed by atoms with Crippen molar-refractivity contribution in [3.8, 4) is 0 Å². The molecule has 1 aliphatic rings. The van der Waals surface area contributed by atoms with Crippen molar-refractivity contribution < 1.29 is 13.2 Å². The van der Waals surface area contributed by atoms with Crippen LogP contribution in [0, 0.1) is 6.92 Å². The Bertz CT molecular complexity index is 1210. The molecule has 1 saturated heterocycles. The van der Waals surface area contributed by atoms with Crippen LogP contribution in [0.15, 0.2) is 35.4 Å². The summed E-state index contributed by atoms with van der Waals surface area (Å²) < 4.78 is 30.9. The number of carbonyl (C=O) groups is 1. The Morgan fingerprint density at radius 1 is 1.30 bits per heavy atom. The summed E-state index contributed by atoms with van der Waals surface area (Å²) >= 11 is 1.46. The molecule has 0 unspecified atom stereocenters. The molecule has 1 atom stereocenters. The van der Waals surface area contributed by atoms with Gasteiger partial charge in [-0.1, -0.05) is 18.2 Å². The number of rotatable bonds is 5. The molecule has 1 fully saturated rings. The summed E-state index contributed by atoms with van der Waals surface area (Å²) in [4.78, 5) is 13.5. The maximum atomic E-state index is 13.3. The van der Waals surface area contributed by atoms with E-state index < -0.39 is 10.0 Å². The molecule has 30 heavy (non-hydrogen) atoms. The van der Waals surface area contributed by atoms with E-state index in [4.69, 9.17) is 0 Å². The summed E-state index contributed by atoms with van der Waals surface area (Å²) in [5.41, 5.74) is 1.47. The van der Waals surface area contributed by atoms with E-state index in [-0.39, 0.29) is 22.8 Å². The number of hydrogen-bond donors (Lipinski definition) is 1. The number of aromatic nitrogens is 2. The van der Waals surface area contributed by atoms with Crippen molar-refractivity contribution in [2.75, 3.05) is 20.1 Å². The predicted octanol–water partition coefficient (Wildman–Crippen LogP) is 3.52. The van der Waals surface area contributed by atoms with Crippen molar-refractivity contribution >= 4 is 37.4 Å². The molecule has 160 valence electrons. The molecule has 2 aromatic heterocycles. The zero-order valence-electron chi connectivity index (χ0n) is 17.5. The number of thiophene rings is 1. The molecule has 1 amide bonds. The first kappa shape index (κ1) is 21.0. The van der Waals surface area contributed by atoms with Crippen molar-refractivity contribution in [2.45, 2.75) is 44.0 Å². The predicted molar refractivity (Wildman–Crippen MR) is 119 cm³/mol. The van der Waals surface area contributed by atoms with E-state index in [1.165, 1.54) is 15.6 Å². The van der Waals surface area contributed by atoms with Gasteiger partial charge < -0.3 is 5.32 Å². The van der Waals surface area contributed by atoms with Gasteiger partial charge in [-0.3, -0.25) is 9.48 Å². The van der Waals surface area contributed by atoms with Crippen molar-refractivity contribution in [2.24, 2.45) is 0 Å². The molecule has 1 aromatic carbocycles. The third-order valence-corrected chi connectivity index (χ3v) is 8.80. The third-order valence-electron chi connectivity index (χ3n) is 5.64. The van der Waals surface area contributed by atoms with Crippen LogP contribution in [0.1, 0.15) is 53.2 Å². The fraction of sp³-hybridized carbons (Fsp3) is 0.429. The molecule has 3 aromatic rings. The Balaban J connectivity index is 1.69. The van der Waals surface area contributed by atoms with Crippen molar-refractivity contribution in [1.29, 1.82) is 0 Å². The number of nitrogens with zero attached hydrogens (tertiary/aromatic N) is 3. The van der Waals surface area contributed by atoms with Gasteiger partial charge in [-0.15, -0.1) is 11.3 Å². The van der Waals surface area contributed by atoms with E-state index in [1.807, 2.05) is 38.1 Å². The molecular formula is C21H26N4O3S2. The maximum Gasteiger partial charge on any atom is 0.261 e. The normalized spacial score (nSPS) is 17.8. The number of sulfonamides is 1. The van der Waals surface area contributed by atoms with Crippen molar-refractivity contribution in [3.63, 3.8) is 0 Å². The second-order valence-electron chi connectivity index (χ2n) is 7.92. The molecule has 0 saturated carbocycles. The van der Waals surface area contributed by atoms with E-state index in [1.54, 1.807) is 24.9 Å². The number of amides is 1. The summed E-state index contributed by atoms with van der Waals surface area (Å²) in [6, 6.07) is 8.02. The second-order valence-corrected chi connectivity index (χ2v) is 10.9. The summed E-state index contributed by atoms with van der Waals surface area (Å²) in [5, 5.41) is 8.12. The highest BCUT2D eigenvalue weighted by Gasteiger charge is 2.37. The van der Waals surface area contributed by atoms with E-state index in [0.29, 0.717) is 30.1 Å². The lowest BCUT2D eigenvalue weighted by atomic mass is 9.95. The molecule has 1 aliphatic heterocycles. The van der Waals surface area contributed by atoms with E-state index in [9.17, 15) is 13.2 Å². The Kier molecular flexibility index (Phi) is 5.46. The van der Waals surface area contributed by atoms with Gasteiger partial charge in [-0.25, -0.2) is 8.42 Å². The van der Waals surface area contributed by atoms with E-state index >= 15 is 0 Å². The van der Waals surface area contributed by atoms with Crippen molar-refractivity contribution in [3.05, 3.63) is 46.6 Å². The monoisotopic (exact) mass is 446 g/mol. The number of carbonyl (C=O) groups excluding carboxylic acids is 1. The number of fused-ring (bicyclic) bond motifs is 1. The zero-order valence-corrected chi connectivity index (χ0v) is 19.2. The lowest BCUT2D eigenvalue weighted by Crippen LogP contribution is -2.29. The van der Waals surface area contributed by atoms with Gasteiger partial charge in [-0.2, -0.15) is 9.40 Å². The minimum Gasteiger partial charge on any atom is -0.354 e. The Morgan fingerprint density at radius 3 is 2.70 bits per heavy atom. The van der Waals surface area contributed by atoms with Gasteiger partial charge in [0.05, 0.1) is 10.6 Å². The van der Waals surface area contributed by atoms with Crippen molar-refractivity contribution in [1.82, 2.24) is 19.4 Å². The average Bonchev–Trinajstić information content (AvgIpc) is 3.43. The van der Waals surface area contributed by atoms with Crippen LogP contribution >= 0.6 is 11.3 Å². The standard InChI is InChI=1S/C21H26N4O3S2/c1-13(2)25-12-18(14(3)23-25)30(27,28)24-10-9-15(11-24)19-16-7-5-6-8-17(16)29-20(19)21(26)22-4/h5-8,12-13,15H,9-11H2,1-4H3,(H,22,26)/t15-/m0/s1. The molecule has 7 nitrogen and oxygen atoms in total. The summed E-state index contributed by atoms with van der Waals surface area (Å²) in [6.07, 6.45) is 2.31. The Morgan fingerprint density at radius 2 is 2.03 bits per heavy atom. The molecule has 0 aliphatic carbocycles. The SMILES string of the molecule is CNC(=O)c1sc2ccccc2c1[C@H]1CCN(S(=O)(=O)c2cn(C(C)C)nc2C)C1. The number of nitrogens with one attached hydrogen (secondary N) is 1. The Labute approximate surface area is 180 Å². The minimum absolute atomic E-state index is 0.0244. The number of hydrogen-bond acceptors (Lipinski definition) is 5.